The van der Waals surface area contributed by atoms with E-state index in [1.165, 1.54) is 30.8 Å². The first-order chi connectivity index (χ1) is 6.10. The van der Waals surface area contributed by atoms with Gasteiger partial charge >= 0.3 is 0 Å². The molecule has 0 unspecified atom stereocenters. The van der Waals surface area contributed by atoms with Crippen LogP contribution in [0.3, 0.4) is 0 Å². The summed E-state index contributed by atoms with van der Waals surface area (Å²) < 4.78 is 4.02. The molecular formula is C9H13ClN2S. The molecule has 0 amide bonds. The maximum Gasteiger partial charge on any atom is 0.234 e. The molecule has 72 valence electrons. The van der Waals surface area contributed by atoms with Crippen molar-refractivity contribution in [2.24, 2.45) is 5.92 Å². The van der Waals surface area contributed by atoms with E-state index < -0.39 is 0 Å². The topological polar surface area (TPSA) is 25.8 Å². The second-order valence-corrected chi connectivity index (χ2v) is 5.31. The van der Waals surface area contributed by atoms with Crippen molar-refractivity contribution in [1.29, 1.82) is 0 Å². The Balaban J connectivity index is 2.22. The lowest BCUT2D eigenvalue weighted by atomic mass is 9.68. The largest absolute Gasteiger partial charge is 0.234 e. The van der Waals surface area contributed by atoms with Crippen LogP contribution in [0.15, 0.2) is 0 Å². The summed E-state index contributed by atoms with van der Waals surface area (Å²) in [6.45, 7) is 4.49. The predicted octanol–water partition coefficient (Wildman–Crippen LogP) is 3.27. The molecule has 13 heavy (non-hydrogen) atoms. The average molecular weight is 217 g/mol. The summed E-state index contributed by atoms with van der Waals surface area (Å²) in [6.07, 6.45) is 4.01. The Kier molecular flexibility index (Phi) is 2.32. The Morgan fingerprint density at radius 1 is 1.46 bits per heavy atom. The van der Waals surface area contributed by atoms with Crippen LogP contribution in [-0.2, 0) is 5.41 Å². The molecule has 0 saturated heterocycles. The van der Waals surface area contributed by atoms with Gasteiger partial charge in [0.2, 0.25) is 5.28 Å². The van der Waals surface area contributed by atoms with Crippen LogP contribution in [0.5, 0.6) is 0 Å². The van der Waals surface area contributed by atoms with E-state index in [0.717, 1.165) is 10.9 Å². The number of hydrogen-bond acceptors (Lipinski definition) is 3. The van der Waals surface area contributed by atoms with Crippen LogP contribution >= 0.6 is 23.1 Å². The fourth-order valence-corrected chi connectivity index (χ4v) is 2.74. The Hall–Kier alpha value is -0.150. The normalized spacial score (nSPS) is 18.7. The van der Waals surface area contributed by atoms with E-state index in [2.05, 4.69) is 23.2 Å². The number of nitrogens with zero attached hydrogens (tertiary/aromatic N) is 2. The molecule has 4 heteroatoms. The quantitative estimate of drug-likeness (QED) is 0.759. The molecule has 0 bridgehead atoms. The van der Waals surface area contributed by atoms with Crippen molar-refractivity contribution in [3.05, 3.63) is 10.3 Å². The van der Waals surface area contributed by atoms with Gasteiger partial charge in [0.25, 0.3) is 0 Å². The fraction of sp³-hybridized carbons (Fsp3) is 0.778. The molecule has 1 saturated carbocycles. The van der Waals surface area contributed by atoms with Gasteiger partial charge < -0.3 is 0 Å². The summed E-state index contributed by atoms with van der Waals surface area (Å²) in [7, 11) is 0. The molecule has 1 aliphatic carbocycles. The van der Waals surface area contributed by atoms with Crippen LogP contribution in [0.25, 0.3) is 0 Å². The molecule has 1 aromatic heterocycles. The van der Waals surface area contributed by atoms with Gasteiger partial charge in [-0.2, -0.15) is 4.37 Å². The van der Waals surface area contributed by atoms with Crippen molar-refractivity contribution < 1.29 is 0 Å². The van der Waals surface area contributed by atoms with Gasteiger partial charge in [0.05, 0.1) is 0 Å². The molecule has 1 aliphatic rings. The van der Waals surface area contributed by atoms with E-state index in [9.17, 15) is 0 Å². The predicted molar refractivity (Wildman–Crippen MR) is 55.3 cm³/mol. The number of halogens is 1. The van der Waals surface area contributed by atoms with Crippen molar-refractivity contribution >= 4 is 23.1 Å². The lowest BCUT2D eigenvalue weighted by Gasteiger charge is -2.38. The molecule has 1 fully saturated rings. The Bertz CT molecular complexity index is 304. The van der Waals surface area contributed by atoms with Gasteiger partial charge in [0.1, 0.15) is 5.01 Å². The maximum absolute atomic E-state index is 5.72. The van der Waals surface area contributed by atoms with Crippen molar-refractivity contribution in [3.63, 3.8) is 0 Å². The van der Waals surface area contributed by atoms with Gasteiger partial charge in [-0.25, -0.2) is 4.98 Å². The zero-order chi connectivity index (χ0) is 9.47. The summed E-state index contributed by atoms with van der Waals surface area (Å²) in [4.78, 5) is 4.26. The molecule has 0 spiro atoms. The molecule has 0 aliphatic heterocycles. The van der Waals surface area contributed by atoms with E-state index in [-0.39, 0.29) is 5.41 Å². The highest BCUT2D eigenvalue weighted by Gasteiger charge is 2.37. The van der Waals surface area contributed by atoms with Crippen LogP contribution < -0.4 is 0 Å². The molecule has 1 heterocycles. The third-order valence-electron chi connectivity index (χ3n) is 3.08. The van der Waals surface area contributed by atoms with Gasteiger partial charge in [0.15, 0.2) is 0 Å². The molecule has 2 rings (SSSR count). The van der Waals surface area contributed by atoms with E-state index in [4.69, 9.17) is 11.6 Å². The Labute approximate surface area is 87.5 Å². The minimum Gasteiger partial charge on any atom is -0.209 e. The first-order valence-electron chi connectivity index (χ1n) is 4.60. The first kappa shape index (κ1) is 9.41. The molecule has 1 aromatic rings. The molecule has 0 radical (unpaired) electrons. The van der Waals surface area contributed by atoms with Crippen molar-refractivity contribution in [2.75, 3.05) is 0 Å². The van der Waals surface area contributed by atoms with Crippen molar-refractivity contribution in [1.82, 2.24) is 9.36 Å². The number of aromatic nitrogens is 2. The van der Waals surface area contributed by atoms with Crippen LogP contribution in [0.1, 0.15) is 38.1 Å². The lowest BCUT2D eigenvalue weighted by molar-refractivity contribution is 0.194. The SMILES string of the molecule is CC(C)(c1nc(Cl)ns1)C1CCC1. The van der Waals surface area contributed by atoms with Crippen molar-refractivity contribution in [2.45, 2.75) is 38.5 Å². The molecule has 0 aromatic carbocycles. The fourth-order valence-electron chi connectivity index (χ4n) is 1.77. The summed E-state index contributed by atoms with van der Waals surface area (Å²) in [5.41, 5.74) is 0.170. The maximum atomic E-state index is 5.72. The van der Waals surface area contributed by atoms with E-state index in [1.807, 2.05) is 0 Å². The van der Waals surface area contributed by atoms with E-state index in [1.54, 1.807) is 0 Å². The smallest absolute Gasteiger partial charge is 0.209 e. The Morgan fingerprint density at radius 2 is 2.15 bits per heavy atom. The van der Waals surface area contributed by atoms with Gasteiger partial charge in [-0.15, -0.1) is 0 Å². The van der Waals surface area contributed by atoms with Gasteiger partial charge in [-0.05, 0) is 41.9 Å². The van der Waals surface area contributed by atoms with Crippen molar-refractivity contribution in [3.8, 4) is 0 Å². The highest BCUT2D eigenvalue weighted by Crippen LogP contribution is 2.44. The zero-order valence-electron chi connectivity index (χ0n) is 7.88. The minimum atomic E-state index is 0.170. The highest BCUT2D eigenvalue weighted by atomic mass is 35.5. The lowest BCUT2D eigenvalue weighted by Crippen LogP contribution is -2.33. The molecule has 2 nitrogen and oxygen atoms in total. The number of hydrogen-bond donors (Lipinski definition) is 0. The van der Waals surface area contributed by atoms with Gasteiger partial charge in [0, 0.05) is 5.41 Å². The van der Waals surface area contributed by atoms with Crippen LogP contribution in [0.2, 0.25) is 5.28 Å². The molecule has 0 N–H and O–H groups in total. The first-order valence-corrected chi connectivity index (χ1v) is 5.75. The van der Waals surface area contributed by atoms with E-state index >= 15 is 0 Å². The Morgan fingerprint density at radius 3 is 2.54 bits per heavy atom. The molecule has 0 atom stereocenters. The highest BCUT2D eigenvalue weighted by molar-refractivity contribution is 7.05. The third-order valence-corrected chi connectivity index (χ3v) is 4.40. The van der Waals surface area contributed by atoms with Gasteiger partial charge in [-0.1, -0.05) is 20.3 Å². The van der Waals surface area contributed by atoms with Crippen LogP contribution in [-0.4, -0.2) is 9.36 Å². The summed E-state index contributed by atoms with van der Waals surface area (Å²) in [6, 6.07) is 0. The standard InChI is InChI=1S/C9H13ClN2S/c1-9(2,6-4-3-5-6)7-11-8(10)12-13-7/h6H,3-5H2,1-2H3. The second-order valence-electron chi connectivity index (χ2n) is 4.22. The number of rotatable bonds is 2. The monoisotopic (exact) mass is 216 g/mol. The van der Waals surface area contributed by atoms with E-state index in [0.29, 0.717) is 5.28 Å². The summed E-state index contributed by atoms with van der Waals surface area (Å²) in [5, 5.41) is 1.48. The minimum absolute atomic E-state index is 0.170. The van der Waals surface area contributed by atoms with Gasteiger partial charge in [-0.3, -0.25) is 0 Å². The second kappa shape index (κ2) is 3.21. The average Bonchev–Trinajstić information content (AvgIpc) is 2.30. The summed E-state index contributed by atoms with van der Waals surface area (Å²) >= 11 is 7.16. The molecular weight excluding hydrogens is 204 g/mol. The third kappa shape index (κ3) is 1.59. The zero-order valence-corrected chi connectivity index (χ0v) is 9.45. The van der Waals surface area contributed by atoms with Crippen LogP contribution in [0.4, 0.5) is 0 Å². The summed E-state index contributed by atoms with van der Waals surface area (Å²) in [5.74, 6) is 0.775. The van der Waals surface area contributed by atoms with Crippen LogP contribution in [0, 0.1) is 5.92 Å².